The fraction of sp³-hybridized carbons (Fsp3) is 0.300. The Morgan fingerprint density at radius 1 is 1.19 bits per heavy atom. The lowest BCUT2D eigenvalue weighted by atomic mass is 10.2. The topological polar surface area (TPSA) is 36.4 Å². The van der Waals surface area contributed by atoms with Crippen LogP contribution in [0.15, 0.2) is 47.4 Å². The number of hydrogen-bond donors (Lipinski definition) is 0. The van der Waals surface area contributed by atoms with Gasteiger partial charge in [-0.1, -0.05) is 30.4 Å². The molecule has 1 amide bonds. The summed E-state index contributed by atoms with van der Waals surface area (Å²) >= 11 is 3.24. The van der Waals surface area contributed by atoms with Crippen LogP contribution in [0.5, 0.6) is 0 Å². The van der Waals surface area contributed by atoms with Crippen LogP contribution in [0, 0.1) is 5.82 Å². The second-order valence-corrected chi connectivity index (χ2v) is 8.67. The highest BCUT2D eigenvalue weighted by Gasteiger charge is 2.24. The SMILES string of the molecule is CCSc1cccc(C(=O)N2CCN(c3nc4c(F)cccc4s3)CC2)c1. The predicted octanol–water partition coefficient (Wildman–Crippen LogP) is 4.51. The van der Waals surface area contributed by atoms with Gasteiger partial charge in [-0.05, 0) is 36.1 Å². The van der Waals surface area contributed by atoms with Crippen LogP contribution < -0.4 is 4.90 Å². The van der Waals surface area contributed by atoms with Crippen LogP contribution in [-0.4, -0.2) is 47.7 Å². The van der Waals surface area contributed by atoms with E-state index in [0.717, 1.165) is 26.0 Å². The third-order valence-corrected chi connectivity index (χ3v) is 6.55. The highest BCUT2D eigenvalue weighted by Crippen LogP contribution is 2.31. The van der Waals surface area contributed by atoms with Crippen molar-refractivity contribution < 1.29 is 9.18 Å². The van der Waals surface area contributed by atoms with Crippen LogP contribution in [0.2, 0.25) is 0 Å². The summed E-state index contributed by atoms with van der Waals surface area (Å²) in [6.07, 6.45) is 0. The van der Waals surface area contributed by atoms with Gasteiger partial charge in [0.15, 0.2) is 5.13 Å². The normalized spacial score (nSPS) is 14.7. The largest absolute Gasteiger partial charge is 0.345 e. The smallest absolute Gasteiger partial charge is 0.254 e. The number of para-hydroxylation sites is 1. The molecule has 1 aromatic heterocycles. The molecule has 27 heavy (non-hydrogen) atoms. The summed E-state index contributed by atoms with van der Waals surface area (Å²) < 4.78 is 14.7. The number of thiazole rings is 1. The van der Waals surface area contributed by atoms with Gasteiger partial charge in [0.1, 0.15) is 11.3 Å². The van der Waals surface area contributed by atoms with E-state index < -0.39 is 0 Å². The maximum atomic E-state index is 13.9. The zero-order valence-corrected chi connectivity index (χ0v) is 16.7. The number of aromatic nitrogens is 1. The van der Waals surface area contributed by atoms with Crippen molar-refractivity contribution in [1.82, 2.24) is 9.88 Å². The van der Waals surface area contributed by atoms with Gasteiger partial charge in [0.2, 0.25) is 0 Å². The molecule has 4 nitrogen and oxygen atoms in total. The molecule has 4 rings (SSSR count). The summed E-state index contributed by atoms with van der Waals surface area (Å²) in [5.74, 6) is 0.774. The summed E-state index contributed by atoms with van der Waals surface area (Å²) in [7, 11) is 0. The molecule has 1 saturated heterocycles. The van der Waals surface area contributed by atoms with Gasteiger partial charge in [0, 0.05) is 36.6 Å². The number of amides is 1. The third kappa shape index (κ3) is 3.80. The Bertz CT molecular complexity index is 967. The van der Waals surface area contributed by atoms with E-state index in [9.17, 15) is 9.18 Å². The van der Waals surface area contributed by atoms with Crippen LogP contribution in [0.1, 0.15) is 17.3 Å². The van der Waals surface area contributed by atoms with Crippen LogP contribution in [0.4, 0.5) is 9.52 Å². The van der Waals surface area contributed by atoms with Gasteiger partial charge in [-0.15, -0.1) is 11.8 Å². The van der Waals surface area contributed by atoms with Gasteiger partial charge in [-0.2, -0.15) is 0 Å². The first-order valence-electron chi connectivity index (χ1n) is 8.98. The Hall–Kier alpha value is -2.12. The van der Waals surface area contributed by atoms with E-state index in [1.165, 1.54) is 17.4 Å². The summed E-state index contributed by atoms with van der Waals surface area (Å²) in [6, 6.07) is 12.9. The van der Waals surface area contributed by atoms with Gasteiger partial charge < -0.3 is 9.80 Å². The van der Waals surface area contributed by atoms with Crippen molar-refractivity contribution in [2.24, 2.45) is 0 Å². The molecule has 7 heteroatoms. The van der Waals surface area contributed by atoms with Gasteiger partial charge >= 0.3 is 0 Å². The molecule has 0 atom stereocenters. The van der Waals surface area contributed by atoms with Crippen LogP contribution in [-0.2, 0) is 0 Å². The fourth-order valence-corrected chi connectivity index (χ4v) is 4.96. The molecule has 0 N–H and O–H groups in total. The molecule has 0 unspecified atom stereocenters. The minimum Gasteiger partial charge on any atom is -0.345 e. The zero-order chi connectivity index (χ0) is 18.8. The molecule has 0 saturated carbocycles. The molecule has 140 valence electrons. The first-order valence-corrected chi connectivity index (χ1v) is 10.8. The van der Waals surface area contributed by atoms with Crippen LogP contribution >= 0.6 is 23.1 Å². The Morgan fingerprint density at radius 3 is 2.70 bits per heavy atom. The van der Waals surface area contributed by atoms with Gasteiger partial charge in [-0.3, -0.25) is 4.79 Å². The molecule has 2 aromatic carbocycles. The van der Waals surface area contributed by atoms with E-state index in [1.807, 2.05) is 35.2 Å². The first kappa shape index (κ1) is 18.3. The minimum absolute atomic E-state index is 0.0727. The van der Waals surface area contributed by atoms with Gasteiger partial charge in [-0.25, -0.2) is 9.37 Å². The number of thioether (sulfide) groups is 1. The lowest BCUT2D eigenvalue weighted by Gasteiger charge is -2.34. The molecule has 1 aliphatic rings. The number of hydrogen-bond acceptors (Lipinski definition) is 5. The molecule has 3 aromatic rings. The molecule has 0 aliphatic carbocycles. The Morgan fingerprint density at radius 2 is 1.96 bits per heavy atom. The fourth-order valence-electron chi connectivity index (χ4n) is 3.21. The number of carbonyl (C=O) groups excluding carboxylic acids is 1. The summed E-state index contributed by atoms with van der Waals surface area (Å²) in [5, 5.41) is 0.823. The number of fused-ring (bicyclic) bond motifs is 1. The number of rotatable bonds is 4. The van der Waals surface area contributed by atoms with E-state index in [0.29, 0.717) is 31.7 Å². The number of halogens is 1. The first-order chi connectivity index (χ1) is 13.2. The number of nitrogens with zero attached hydrogens (tertiary/aromatic N) is 3. The second kappa shape index (κ2) is 7.86. The van der Waals surface area contributed by atoms with Crippen molar-refractivity contribution in [1.29, 1.82) is 0 Å². The Labute approximate surface area is 166 Å². The highest BCUT2D eigenvalue weighted by molar-refractivity contribution is 7.99. The molecule has 1 aliphatic heterocycles. The Kier molecular flexibility index (Phi) is 5.31. The van der Waals surface area contributed by atoms with Crippen molar-refractivity contribution in [3.63, 3.8) is 0 Å². The van der Waals surface area contributed by atoms with E-state index in [-0.39, 0.29) is 11.7 Å². The summed E-state index contributed by atoms with van der Waals surface area (Å²) in [5.41, 5.74) is 1.17. The molecule has 0 radical (unpaired) electrons. The molecule has 0 bridgehead atoms. The predicted molar refractivity (Wildman–Crippen MR) is 111 cm³/mol. The van der Waals surface area contributed by atoms with E-state index in [2.05, 4.69) is 16.8 Å². The number of carbonyl (C=O) groups is 1. The summed E-state index contributed by atoms with van der Waals surface area (Å²) in [6.45, 7) is 4.80. The average Bonchev–Trinajstić information content (AvgIpc) is 3.14. The third-order valence-electron chi connectivity index (χ3n) is 4.59. The Balaban J connectivity index is 1.44. The number of anilines is 1. The van der Waals surface area contributed by atoms with Gasteiger partial charge in [0.05, 0.1) is 4.70 Å². The van der Waals surface area contributed by atoms with Crippen LogP contribution in [0.25, 0.3) is 10.2 Å². The highest BCUT2D eigenvalue weighted by atomic mass is 32.2. The lowest BCUT2D eigenvalue weighted by Crippen LogP contribution is -2.48. The molecular weight excluding hydrogens is 381 g/mol. The van der Waals surface area contributed by atoms with Crippen molar-refractivity contribution in [3.05, 3.63) is 53.8 Å². The maximum Gasteiger partial charge on any atom is 0.254 e. The summed E-state index contributed by atoms with van der Waals surface area (Å²) in [4.78, 5) is 22.4. The molecular formula is C20H20FN3OS2. The van der Waals surface area contributed by atoms with Gasteiger partial charge in [0.25, 0.3) is 5.91 Å². The molecule has 0 spiro atoms. The average molecular weight is 402 g/mol. The van der Waals surface area contributed by atoms with Crippen molar-refractivity contribution in [2.45, 2.75) is 11.8 Å². The number of benzene rings is 2. The zero-order valence-electron chi connectivity index (χ0n) is 15.0. The quantitative estimate of drug-likeness (QED) is 0.603. The molecule has 1 fully saturated rings. The standard InChI is InChI=1S/C20H20FN3OS2/c1-2-26-15-6-3-5-14(13-15)19(25)23-9-11-24(12-10-23)20-22-18-16(21)7-4-8-17(18)27-20/h3-8,13H,2,9-12H2,1H3. The van der Waals surface area contributed by atoms with E-state index >= 15 is 0 Å². The van der Waals surface area contributed by atoms with E-state index in [1.54, 1.807) is 17.8 Å². The van der Waals surface area contributed by atoms with Crippen molar-refractivity contribution in [3.8, 4) is 0 Å². The minimum atomic E-state index is -0.284. The van der Waals surface area contributed by atoms with E-state index in [4.69, 9.17) is 0 Å². The number of piperazine rings is 1. The van der Waals surface area contributed by atoms with Crippen LogP contribution in [0.3, 0.4) is 0 Å². The molecule has 2 heterocycles. The monoisotopic (exact) mass is 401 g/mol. The van der Waals surface area contributed by atoms with Crippen molar-refractivity contribution >= 4 is 44.4 Å². The lowest BCUT2D eigenvalue weighted by molar-refractivity contribution is 0.0746. The maximum absolute atomic E-state index is 13.9. The second-order valence-electron chi connectivity index (χ2n) is 6.32. The van der Waals surface area contributed by atoms with Crippen molar-refractivity contribution in [2.75, 3.05) is 36.8 Å².